The topological polar surface area (TPSA) is 76.7 Å². The van der Waals surface area contributed by atoms with Crippen LogP contribution in [0.1, 0.15) is 39.5 Å². The summed E-state index contributed by atoms with van der Waals surface area (Å²) in [6.45, 7) is 12.9. The van der Waals surface area contributed by atoms with Gasteiger partial charge in [-0.3, -0.25) is 9.59 Å². The van der Waals surface area contributed by atoms with E-state index in [9.17, 15) is 9.59 Å². The Morgan fingerprint density at radius 3 is 1.61 bits per heavy atom. The van der Waals surface area contributed by atoms with Crippen molar-refractivity contribution < 1.29 is 19.1 Å². The fourth-order valence-corrected chi connectivity index (χ4v) is 1.94. The van der Waals surface area contributed by atoms with Crippen LogP contribution in [0, 0.1) is 0 Å². The molecule has 0 fully saturated rings. The van der Waals surface area contributed by atoms with Crippen molar-refractivity contribution in [3.63, 3.8) is 0 Å². The van der Waals surface area contributed by atoms with Gasteiger partial charge in [-0.2, -0.15) is 0 Å². The Morgan fingerprint density at radius 2 is 1.26 bits per heavy atom. The molecule has 0 saturated heterocycles. The summed E-state index contributed by atoms with van der Waals surface area (Å²) in [4.78, 5) is 23.9. The summed E-state index contributed by atoms with van der Waals surface area (Å²) < 4.78 is 10.5. The van der Waals surface area contributed by atoms with Crippen molar-refractivity contribution in [3.8, 4) is 0 Å². The number of hydrogen-bond acceptors (Lipinski definition) is 5. The van der Waals surface area contributed by atoms with Gasteiger partial charge in [-0.15, -0.1) is 0 Å². The highest BCUT2D eigenvalue weighted by molar-refractivity contribution is 8.08. The van der Waals surface area contributed by atoms with Crippen molar-refractivity contribution >= 4 is 23.6 Å². The van der Waals surface area contributed by atoms with Gasteiger partial charge < -0.3 is 20.1 Å². The molecule has 7 heteroatoms. The molecule has 0 aliphatic carbocycles. The Hall–Kier alpha value is -1.31. The number of rotatable bonds is 14. The van der Waals surface area contributed by atoms with E-state index in [-0.39, 0.29) is 35.1 Å². The standard InChI is InChI=1S/C16H28N2O4S/c1-5-7-9-21-11-17-15(19)13(3)23-14(4)16(20)18-12-22-10-8-6-2/h3-12H2,1-2H3,(H,17,19)(H,18,20). The molecule has 0 aromatic carbocycles. The summed E-state index contributed by atoms with van der Waals surface area (Å²) in [5.74, 6) is -0.751. The Bertz CT molecular complexity index is 364. The summed E-state index contributed by atoms with van der Waals surface area (Å²) in [6, 6.07) is 0. The number of nitrogens with one attached hydrogen (secondary N) is 2. The average Bonchev–Trinajstić information content (AvgIpc) is 2.53. The molecule has 2 N–H and O–H groups in total. The van der Waals surface area contributed by atoms with E-state index in [1.54, 1.807) is 0 Å². The largest absolute Gasteiger partial charge is 0.361 e. The Morgan fingerprint density at radius 1 is 0.870 bits per heavy atom. The van der Waals surface area contributed by atoms with E-state index in [0.717, 1.165) is 37.4 Å². The lowest BCUT2D eigenvalue weighted by atomic mass is 10.4. The zero-order valence-corrected chi connectivity index (χ0v) is 14.9. The first-order valence-electron chi connectivity index (χ1n) is 7.80. The molecule has 0 aromatic rings. The number of carbonyl (C=O) groups is 2. The molecule has 0 rings (SSSR count). The van der Waals surface area contributed by atoms with Crippen LogP contribution >= 0.6 is 11.8 Å². The zero-order chi connectivity index (χ0) is 17.5. The molecular weight excluding hydrogens is 316 g/mol. The first-order chi connectivity index (χ1) is 11.0. The molecule has 0 aromatic heterocycles. The van der Waals surface area contributed by atoms with Crippen molar-refractivity contribution in [1.82, 2.24) is 10.6 Å². The number of ether oxygens (including phenoxy) is 2. The van der Waals surface area contributed by atoms with Crippen molar-refractivity contribution in [2.24, 2.45) is 0 Å². The maximum Gasteiger partial charge on any atom is 0.259 e. The maximum absolute atomic E-state index is 11.8. The molecule has 0 saturated carbocycles. The number of unbranched alkanes of at least 4 members (excludes halogenated alkanes) is 2. The molecule has 6 nitrogen and oxygen atoms in total. The summed E-state index contributed by atoms with van der Waals surface area (Å²) >= 11 is 0.928. The van der Waals surface area contributed by atoms with Crippen LogP contribution in [-0.4, -0.2) is 38.5 Å². The molecule has 0 aliphatic rings. The van der Waals surface area contributed by atoms with E-state index in [4.69, 9.17) is 9.47 Å². The quantitative estimate of drug-likeness (QED) is 0.288. The van der Waals surface area contributed by atoms with Crippen molar-refractivity contribution in [3.05, 3.63) is 23.0 Å². The van der Waals surface area contributed by atoms with Crippen LogP contribution in [0.25, 0.3) is 0 Å². The number of amides is 2. The molecule has 0 bridgehead atoms. The van der Waals surface area contributed by atoms with Crippen LogP contribution in [0.5, 0.6) is 0 Å². The fourth-order valence-electron chi connectivity index (χ4n) is 1.31. The van der Waals surface area contributed by atoms with Gasteiger partial charge in [0.15, 0.2) is 0 Å². The van der Waals surface area contributed by atoms with Gasteiger partial charge in [-0.1, -0.05) is 51.6 Å². The van der Waals surface area contributed by atoms with Gasteiger partial charge >= 0.3 is 0 Å². The molecule has 0 heterocycles. The first-order valence-corrected chi connectivity index (χ1v) is 8.62. The minimum atomic E-state index is -0.375. The summed E-state index contributed by atoms with van der Waals surface area (Å²) in [5.41, 5.74) is 0. The molecule has 0 radical (unpaired) electrons. The van der Waals surface area contributed by atoms with Gasteiger partial charge in [0.05, 0.1) is 9.81 Å². The third-order valence-electron chi connectivity index (χ3n) is 2.71. The SMILES string of the molecule is C=C(SC(=C)C(=O)NCOCCCC)C(=O)NCOCCCC. The predicted octanol–water partition coefficient (Wildman–Crippen LogP) is 2.53. The highest BCUT2D eigenvalue weighted by Crippen LogP contribution is 2.22. The highest BCUT2D eigenvalue weighted by atomic mass is 32.2. The lowest BCUT2D eigenvalue weighted by molar-refractivity contribution is -0.119. The van der Waals surface area contributed by atoms with E-state index in [0.29, 0.717) is 13.2 Å². The number of carbonyl (C=O) groups excluding carboxylic acids is 2. The van der Waals surface area contributed by atoms with Crippen molar-refractivity contribution in [2.45, 2.75) is 39.5 Å². The summed E-state index contributed by atoms with van der Waals surface area (Å²) in [6.07, 6.45) is 3.97. The van der Waals surface area contributed by atoms with E-state index >= 15 is 0 Å². The Kier molecular flexibility index (Phi) is 13.5. The van der Waals surface area contributed by atoms with Crippen LogP contribution < -0.4 is 10.6 Å². The van der Waals surface area contributed by atoms with Crippen molar-refractivity contribution in [1.29, 1.82) is 0 Å². The smallest absolute Gasteiger partial charge is 0.259 e. The molecule has 132 valence electrons. The second-order valence-corrected chi connectivity index (χ2v) is 5.96. The zero-order valence-electron chi connectivity index (χ0n) is 14.1. The lowest BCUT2D eigenvalue weighted by Crippen LogP contribution is -2.28. The van der Waals surface area contributed by atoms with Gasteiger partial charge in [0.25, 0.3) is 11.8 Å². The number of thioether (sulfide) groups is 1. The lowest BCUT2D eigenvalue weighted by Gasteiger charge is -2.10. The normalized spacial score (nSPS) is 10.2. The average molecular weight is 344 g/mol. The fraction of sp³-hybridized carbons (Fsp3) is 0.625. The van der Waals surface area contributed by atoms with Crippen LogP contribution in [0.4, 0.5) is 0 Å². The second kappa shape index (κ2) is 14.3. The molecule has 2 amide bonds. The minimum absolute atomic E-state index is 0.127. The second-order valence-electron chi connectivity index (χ2n) is 4.77. The summed E-state index contributed by atoms with van der Waals surface area (Å²) in [7, 11) is 0. The Labute approximate surface area is 143 Å². The minimum Gasteiger partial charge on any atom is -0.361 e. The van der Waals surface area contributed by atoms with E-state index in [1.807, 2.05) is 0 Å². The monoisotopic (exact) mass is 344 g/mol. The van der Waals surface area contributed by atoms with E-state index < -0.39 is 0 Å². The van der Waals surface area contributed by atoms with Gasteiger partial charge in [0.2, 0.25) is 0 Å². The van der Waals surface area contributed by atoms with Gasteiger partial charge in [-0.05, 0) is 12.8 Å². The first kappa shape index (κ1) is 21.7. The van der Waals surface area contributed by atoms with E-state index in [2.05, 4.69) is 37.6 Å². The maximum atomic E-state index is 11.8. The molecular formula is C16H28N2O4S. The molecule has 0 unspecified atom stereocenters. The van der Waals surface area contributed by atoms with Gasteiger partial charge in [0.1, 0.15) is 13.5 Å². The Balaban J connectivity index is 3.87. The predicted molar refractivity (Wildman–Crippen MR) is 93.6 cm³/mol. The third kappa shape index (κ3) is 11.9. The third-order valence-corrected chi connectivity index (χ3v) is 3.57. The molecule has 0 spiro atoms. The summed E-state index contributed by atoms with van der Waals surface area (Å²) in [5, 5.41) is 5.15. The van der Waals surface area contributed by atoms with Crippen LogP contribution in [-0.2, 0) is 19.1 Å². The highest BCUT2D eigenvalue weighted by Gasteiger charge is 2.13. The molecule has 0 aliphatic heterocycles. The van der Waals surface area contributed by atoms with Crippen molar-refractivity contribution in [2.75, 3.05) is 26.7 Å². The van der Waals surface area contributed by atoms with Crippen LogP contribution in [0.15, 0.2) is 23.0 Å². The van der Waals surface area contributed by atoms with Crippen LogP contribution in [0.3, 0.4) is 0 Å². The van der Waals surface area contributed by atoms with Gasteiger partial charge in [-0.25, -0.2) is 0 Å². The number of hydrogen-bond donors (Lipinski definition) is 2. The van der Waals surface area contributed by atoms with Gasteiger partial charge in [0, 0.05) is 13.2 Å². The van der Waals surface area contributed by atoms with E-state index in [1.165, 1.54) is 0 Å². The molecule has 23 heavy (non-hydrogen) atoms. The molecule has 0 atom stereocenters. The van der Waals surface area contributed by atoms with Crippen LogP contribution in [0.2, 0.25) is 0 Å².